The molecule has 3 aliphatic rings. The number of aryl methyl sites for hydroxylation is 2. The van der Waals surface area contributed by atoms with E-state index in [-0.39, 0.29) is 0 Å². The largest absolute Gasteiger partial charge is 0.348 e. The van der Waals surface area contributed by atoms with Crippen LogP contribution in [0.4, 0.5) is 17.1 Å². The highest BCUT2D eigenvalue weighted by Crippen LogP contribution is 2.46. The summed E-state index contributed by atoms with van der Waals surface area (Å²) in [5, 5.41) is 1.36. The van der Waals surface area contributed by atoms with E-state index in [1.165, 1.54) is 93.5 Å². The van der Waals surface area contributed by atoms with Gasteiger partial charge < -0.3 is 9.80 Å². The first-order chi connectivity index (χ1) is 26.9. The Morgan fingerprint density at radius 1 is 0.655 bits per heavy atom. The van der Waals surface area contributed by atoms with Gasteiger partial charge in [-0.25, -0.2) is 0 Å². The number of fused-ring (bicyclic) bond motifs is 3. The van der Waals surface area contributed by atoms with Gasteiger partial charge in [0.25, 0.3) is 0 Å². The van der Waals surface area contributed by atoms with Crippen molar-refractivity contribution in [2.45, 2.75) is 52.9 Å². The molecule has 3 heteroatoms. The molecule has 272 valence electrons. The molecule has 0 saturated heterocycles. The van der Waals surface area contributed by atoms with Crippen LogP contribution in [-0.2, 0) is 6.42 Å². The lowest BCUT2D eigenvalue weighted by Crippen LogP contribution is -2.21. The van der Waals surface area contributed by atoms with Gasteiger partial charge in [-0.05, 0) is 134 Å². The summed E-state index contributed by atoms with van der Waals surface area (Å²) in [4.78, 5) is 6.44. The van der Waals surface area contributed by atoms with Crippen LogP contribution in [0.3, 0.4) is 0 Å². The van der Waals surface area contributed by atoms with Gasteiger partial charge in [0.1, 0.15) is 0 Å². The van der Waals surface area contributed by atoms with Crippen molar-refractivity contribution in [3.63, 3.8) is 0 Å². The first kappa shape index (κ1) is 35.1. The summed E-state index contributed by atoms with van der Waals surface area (Å²) in [6.45, 7) is 6.87. The van der Waals surface area contributed by atoms with E-state index in [9.17, 15) is 0 Å². The molecule has 0 spiro atoms. The van der Waals surface area contributed by atoms with Gasteiger partial charge in [-0.1, -0.05) is 116 Å². The number of hydrogen-bond acceptors (Lipinski definition) is 3. The fraction of sp³-hybridized carbons (Fsp3) is 0.192. The summed E-state index contributed by atoms with van der Waals surface area (Å²) in [6, 6.07) is 42.9. The van der Waals surface area contributed by atoms with Crippen molar-refractivity contribution in [3.8, 4) is 22.3 Å². The van der Waals surface area contributed by atoms with Gasteiger partial charge in [-0.15, -0.1) is 11.3 Å². The Morgan fingerprint density at radius 2 is 1.44 bits per heavy atom. The molecule has 0 N–H and O–H groups in total. The van der Waals surface area contributed by atoms with E-state index in [1.54, 1.807) is 0 Å². The molecule has 0 bridgehead atoms. The van der Waals surface area contributed by atoms with Crippen molar-refractivity contribution in [1.82, 2.24) is 0 Å². The van der Waals surface area contributed by atoms with Gasteiger partial charge in [-0.2, -0.15) is 0 Å². The van der Waals surface area contributed by atoms with Crippen LogP contribution in [0.15, 0.2) is 163 Å². The van der Waals surface area contributed by atoms with Crippen LogP contribution in [0.5, 0.6) is 0 Å². The minimum absolute atomic E-state index is 0.456. The highest BCUT2D eigenvalue weighted by Gasteiger charge is 2.27. The van der Waals surface area contributed by atoms with Crippen molar-refractivity contribution in [1.29, 1.82) is 0 Å². The molecule has 2 nitrogen and oxygen atoms in total. The van der Waals surface area contributed by atoms with Crippen LogP contribution in [0, 0.1) is 12.8 Å². The summed E-state index contributed by atoms with van der Waals surface area (Å²) >= 11 is 1.96. The van der Waals surface area contributed by atoms with Crippen molar-refractivity contribution in [2.75, 3.05) is 16.8 Å². The second kappa shape index (κ2) is 14.9. The van der Waals surface area contributed by atoms with Crippen LogP contribution in [0.2, 0.25) is 0 Å². The van der Waals surface area contributed by atoms with Gasteiger partial charge in [-0.3, -0.25) is 0 Å². The second-order valence-corrected chi connectivity index (χ2v) is 16.6. The minimum atomic E-state index is 0.456. The van der Waals surface area contributed by atoms with Gasteiger partial charge in [0, 0.05) is 55.9 Å². The van der Waals surface area contributed by atoms with E-state index >= 15 is 0 Å². The van der Waals surface area contributed by atoms with Crippen LogP contribution in [-0.4, -0.2) is 7.05 Å². The Morgan fingerprint density at radius 3 is 2.24 bits per heavy atom. The van der Waals surface area contributed by atoms with Crippen LogP contribution in [0.25, 0.3) is 44.0 Å². The van der Waals surface area contributed by atoms with E-state index in [4.69, 9.17) is 0 Å². The third-order valence-corrected chi connectivity index (χ3v) is 13.0. The Labute approximate surface area is 330 Å². The molecule has 9 rings (SSSR count). The average Bonchev–Trinajstić information content (AvgIpc) is 3.60. The molecule has 55 heavy (non-hydrogen) atoms. The van der Waals surface area contributed by atoms with Crippen LogP contribution >= 0.6 is 11.3 Å². The molecule has 0 amide bonds. The number of anilines is 3. The van der Waals surface area contributed by atoms with Crippen molar-refractivity contribution in [3.05, 3.63) is 184 Å². The smallest absolute Gasteiger partial charge is 0.0536 e. The first-order valence-corrected chi connectivity index (χ1v) is 20.6. The number of hydrogen-bond donors (Lipinski definition) is 0. The van der Waals surface area contributed by atoms with E-state index in [1.807, 2.05) is 11.3 Å². The predicted octanol–water partition coefficient (Wildman–Crippen LogP) is 14.7. The van der Waals surface area contributed by atoms with E-state index in [0.29, 0.717) is 5.92 Å². The molecule has 1 heterocycles. The molecule has 1 unspecified atom stereocenters. The van der Waals surface area contributed by atoms with E-state index in [2.05, 4.69) is 189 Å². The molecule has 1 aromatic heterocycles. The third-order valence-electron chi connectivity index (χ3n) is 11.8. The number of rotatable bonds is 8. The maximum absolute atomic E-state index is 2.56. The van der Waals surface area contributed by atoms with Crippen molar-refractivity contribution < 1.29 is 0 Å². The summed E-state index contributed by atoms with van der Waals surface area (Å²) < 4.78 is 1.37. The molecule has 0 radical (unpaired) electrons. The number of nitrogens with zero attached hydrogens (tertiary/aromatic N) is 2. The number of benzene rings is 5. The highest BCUT2D eigenvalue weighted by atomic mass is 32.1. The van der Waals surface area contributed by atoms with Gasteiger partial charge in [0.15, 0.2) is 0 Å². The van der Waals surface area contributed by atoms with E-state index < -0.39 is 0 Å². The third kappa shape index (κ3) is 6.72. The molecule has 0 saturated carbocycles. The van der Waals surface area contributed by atoms with Gasteiger partial charge in [0.2, 0.25) is 0 Å². The maximum atomic E-state index is 2.56. The lowest BCUT2D eigenvalue weighted by molar-refractivity contribution is 0.757. The summed E-state index contributed by atoms with van der Waals surface area (Å²) in [5.41, 5.74) is 18.2. The van der Waals surface area contributed by atoms with Gasteiger partial charge >= 0.3 is 0 Å². The molecule has 0 fully saturated rings. The Bertz CT molecular complexity index is 2560. The maximum Gasteiger partial charge on any atom is 0.0536 e. The van der Waals surface area contributed by atoms with Crippen LogP contribution < -0.4 is 9.80 Å². The quantitative estimate of drug-likeness (QED) is 0.154. The zero-order valence-electron chi connectivity index (χ0n) is 32.3. The minimum Gasteiger partial charge on any atom is -0.348 e. The second-order valence-electron chi connectivity index (χ2n) is 15.4. The molecular formula is C52H48N2S. The van der Waals surface area contributed by atoms with Crippen molar-refractivity contribution >= 4 is 50.1 Å². The molecule has 5 aromatic carbocycles. The Hall–Kier alpha value is -5.64. The Kier molecular flexibility index (Phi) is 9.50. The standard InChI is InChI=1S/C52H48N2S/c1-35-21-26-41(27-22-35)53(4)48-31-25-40(33-46(48)39-15-6-5-7-16-39)38-23-28-42(29-24-38)54(43-30-32-51-47(34-43)45-18-10-11-20-50(45)55-51)49-19-12-14-37(3)52(49)44-17-9-8-13-36(44)2/h5-12,14-21,23-26,28-29,31,33-34,36H,13,22,27,30,32H2,1-4H3. The van der Waals surface area contributed by atoms with Crippen molar-refractivity contribution in [2.24, 2.45) is 5.92 Å². The number of allylic oxidation sites excluding steroid dienone is 9. The monoisotopic (exact) mass is 732 g/mol. The molecule has 3 aliphatic carbocycles. The highest BCUT2D eigenvalue weighted by molar-refractivity contribution is 7.19. The zero-order chi connectivity index (χ0) is 37.5. The zero-order valence-corrected chi connectivity index (χ0v) is 33.2. The summed E-state index contributed by atoms with van der Waals surface area (Å²) in [5.74, 6) is 0.456. The van der Waals surface area contributed by atoms with Crippen LogP contribution in [0.1, 0.15) is 61.1 Å². The first-order valence-electron chi connectivity index (χ1n) is 19.8. The SMILES string of the molecule is CC1=CC=C(N(C)c2ccc(-c3ccc(N(C4=Cc5c(sc6ccccc56)CC4)c4cccc(C)c4C4=CC=CCC4C)cc3)cc2-c2ccccc2)CC1. The normalized spacial score (nSPS) is 16.5. The summed E-state index contributed by atoms with van der Waals surface area (Å²) in [6.07, 6.45) is 19.2. The fourth-order valence-corrected chi connectivity index (χ4v) is 9.87. The summed E-state index contributed by atoms with van der Waals surface area (Å²) in [7, 11) is 2.22. The Balaban J connectivity index is 1.15. The lowest BCUT2D eigenvalue weighted by Gasteiger charge is -2.34. The predicted molar refractivity (Wildman–Crippen MR) is 239 cm³/mol. The van der Waals surface area contributed by atoms with E-state index in [0.717, 1.165) is 32.1 Å². The average molecular weight is 733 g/mol. The molecular weight excluding hydrogens is 685 g/mol. The molecule has 1 atom stereocenters. The fourth-order valence-electron chi connectivity index (χ4n) is 8.69. The topological polar surface area (TPSA) is 6.48 Å². The number of thiophene rings is 1. The lowest BCUT2D eigenvalue weighted by atomic mass is 9.84. The molecule has 6 aromatic rings. The molecule has 0 aliphatic heterocycles. The van der Waals surface area contributed by atoms with Gasteiger partial charge in [0.05, 0.1) is 5.69 Å².